The van der Waals surface area contributed by atoms with Crippen LogP contribution in [0, 0.1) is 0 Å². The number of esters is 1. The lowest BCUT2D eigenvalue weighted by atomic mass is 10.2. The number of ketones is 1. The van der Waals surface area contributed by atoms with Crippen molar-refractivity contribution in [3.8, 4) is 0 Å². The number of Topliss-reactive ketones (excluding diaryl/α,β-unsaturated/α-hetero) is 1. The molecule has 0 aromatic rings. The lowest BCUT2D eigenvalue weighted by molar-refractivity contribution is -0.146. The van der Waals surface area contributed by atoms with Gasteiger partial charge in [0.25, 0.3) is 0 Å². The van der Waals surface area contributed by atoms with Crippen molar-refractivity contribution in [1.29, 1.82) is 0 Å². The second-order valence-corrected chi connectivity index (χ2v) is 5.61. The van der Waals surface area contributed by atoms with E-state index in [1.54, 1.807) is 20.8 Å². The number of aliphatic carboxylic acids is 1. The van der Waals surface area contributed by atoms with Crippen LogP contribution in [0.15, 0.2) is 0 Å². The first kappa shape index (κ1) is 19.9. The van der Waals surface area contributed by atoms with Gasteiger partial charge in [-0.3, -0.25) is 14.4 Å². The van der Waals surface area contributed by atoms with Gasteiger partial charge in [-0.1, -0.05) is 0 Å². The minimum atomic E-state index is -0.959. The van der Waals surface area contributed by atoms with Crippen molar-refractivity contribution < 1.29 is 33.8 Å². The predicted molar refractivity (Wildman–Crippen MR) is 76.3 cm³/mol. The molecule has 1 amide bonds. The molecule has 0 atom stereocenters. The first-order valence-corrected chi connectivity index (χ1v) is 6.96. The number of amides is 1. The Morgan fingerprint density at radius 1 is 1.05 bits per heavy atom. The summed E-state index contributed by atoms with van der Waals surface area (Å²) in [7, 11) is 0. The quantitative estimate of drug-likeness (QED) is 0.485. The summed E-state index contributed by atoms with van der Waals surface area (Å²) in [4.78, 5) is 44.3. The molecule has 0 saturated carbocycles. The zero-order valence-electron chi connectivity index (χ0n) is 13.1. The summed E-state index contributed by atoms with van der Waals surface area (Å²) in [6.07, 6.45) is -0.714. The standard InChI is InChI=1S/C14H23NO7/c1-14(2,3)22-13(20)15-9-10(16)6-7-12(19)21-8-4-5-11(17)18/h4-9H2,1-3H3,(H,15,20)(H,17,18). The molecule has 0 aromatic carbocycles. The molecule has 8 nitrogen and oxygen atoms in total. The maximum Gasteiger partial charge on any atom is 0.408 e. The van der Waals surface area contributed by atoms with E-state index < -0.39 is 23.6 Å². The Morgan fingerprint density at radius 3 is 2.23 bits per heavy atom. The highest BCUT2D eigenvalue weighted by molar-refractivity contribution is 5.86. The summed E-state index contributed by atoms with van der Waals surface area (Å²) in [5.41, 5.74) is -0.646. The van der Waals surface area contributed by atoms with Gasteiger partial charge in [-0.15, -0.1) is 0 Å². The average Bonchev–Trinajstić information content (AvgIpc) is 2.36. The number of rotatable bonds is 9. The van der Waals surface area contributed by atoms with E-state index in [1.807, 2.05) is 0 Å². The van der Waals surface area contributed by atoms with Crippen LogP contribution in [0.1, 0.15) is 46.5 Å². The number of alkyl carbamates (subject to hydrolysis) is 1. The van der Waals surface area contributed by atoms with Crippen molar-refractivity contribution in [2.75, 3.05) is 13.2 Å². The van der Waals surface area contributed by atoms with Gasteiger partial charge in [-0.2, -0.15) is 0 Å². The normalized spacial score (nSPS) is 10.7. The number of carboxylic acids is 1. The van der Waals surface area contributed by atoms with Crippen molar-refractivity contribution in [2.45, 2.75) is 52.1 Å². The van der Waals surface area contributed by atoms with E-state index in [0.717, 1.165) is 0 Å². The van der Waals surface area contributed by atoms with Crippen LogP contribution < -0.4 is 5.32 Å². The number of ether oxygens (including phenoxy) is 2. The van der Waals surface area contributed by atoms with Gasteiger partial charge in [0.05, 0.1) is 19.6 Å². The van der Waals surface area contributed by atoms with E-state index in [0.29, 0.717) is 0 Å². The van der Waals surface area contributed by atoms with Gasteiger partial charge in [-0.05, 0) is 27.2 Å². The second-order valence-electron chi connectivity index (χ2n) is 5.61. The third kappa shape index (κ3) is 12.9. The number of carbonyl (C=O) groups excluding carboxylic acids is 3. The maximum atomic E-state index is 11.5. The van der Waals surface area contributed by atoms with E-state index in [2.05, 4.69) is 5.32 Å². The third-order valence-electron chi connectivity index (χ3n) is 2.23. The van der Waals surface area contributed by atoms with E-state index in [-0.39, 0.29) is 44.6 Å². The van der Waals surface area contributed by atoms with E-state index in [1.165, 1.54) is 0 Å². The first-order valence-electron chi connectivity index (χ1n) is 6.96. The third-order valence-corrected chi connectivity index (χ3v) is 2.23. The molecule has 0 aliphatic carbocycles. The molecule has 0 aliphatic rings. The second kappa shape index (κ2) is 9.75. The Hall–Kier alpha value is -2.12. The first-order chi connectivity index (χ1) is 10.1. The van der Waals surface area contributed by atoms with E-state index in [9.17, 15) is 19.2 Å². The lowest BCUT2D eigenvalue weighted by Crippen LogP contribution is -2.35. The Kier molecular flexibility index (Phi) is 8.81. The van der Waals surface area contributed by atoms with Crippen LogP contribution in [0.4, 0.5) is 4.79 Å². The van der Waals surface area contributed by atoms with Crippen molar-refractivity contribution in [1.82, 2.24) is 5.32 Å². The SMILES string of the molecule is CC(C)(C)OC(=O)NCC(=O)CCC(=O)OCCCC(=O)O. The lowest BCUT2D eigenvalue weighted by Gasteiger charge is -2.19. The molecule has 0 heterocycles. The zero-order chi connectivity index (χ0) is 17.2. The molecule has 0 fully saturated rings. The van der Waals surface area contributed by atoms with Gasteiger partial charge in [0.15, 0.2) is 5.78 Å². The highest BCUT2D eigenvalue weighted by atomic mass is 16.6. The molecule has 8 heteroatoms. The van der Waals surface area contributed by atoms with Crippen molar-refractivity contribution in [3.05, 3.63) is 0 Å². The largest absolute Gasteiger partial charge is 0.481 e. The summed E-state index contributed by atoms with van der Waals surface area (Å²) in [6, 6.07) is 0. The fourth-order valence-corrected chi connectivity index (χ4v) is 1.30. The number of carbonyl (C=O) groups is 4. The smallest absolute Gasteiger partial charge is 0.408 e. The maximum absolute atomic E-state index is 11.5. The Balaban J connectivity index is 3.74. The molecule has 22 heavy (non-hydrogen) atoms. The van der Waals surface area contributed by atoms with Gasteiger partial charge in [0.1, 0.15) is 5.60 Å². The molecule has 0 spiro atoms. The summed E-state index contributed by atoms with van der Waals surface area (Å²) in [5, 5.41) is 10.7. The average molecular weight is 317 g/mol. The van der Waals surface area contributed by atoms with Gasteiger partial charge < -0.3 is 19.9 Å². The topological polar surface area (TPSA) is 119 Å². The van der Waals surface area contributed by atoms with Crippen molar-refractivity contribution in [2.24, 2.45) is 0 Å². The zero-order valence-corrected chi connectivity index (χ0v) is 13.1. The molecule has 0 unspecified atom stereocenters. The highest BCUT2D eigenvalue weighted by Crippen LogP contribution is 2.06. The number of hydrogen-bond donors (Lipinski definition) is 2. The van der Waals surface area contributed by atoms with Crippen LogP contribution in [-0.2, 0) is 23.9 Å². The fraction of sp³-hybridized carbons (Fsp3) is 0.714. The number of carboxylic acid groups (broad SMARTS) is 1. The van der Waals surface area contributed by atoms with Crippen LogP contribution in [0.2, 0.25) is 0 Å². The highest BCUT2D eigenvalue weighted by Gasteiger charge is 2.17. The molecule has 0 aromatic heterocycles. The van der Waals surface area contributed by atoms with Crippen LogP contribution in [-0.4, -0.2) is 47.7 Å². The van der Waals surface area contributed by atoms with Crippen molar-refractivity contribution in [3.63, 3.8) is 0 Å². The molecule has 0 rings (SSSR count). The Labute approximate surface area is 129 Å². The predicted octanol–water partition coefficient (Wildman–Crippen LogP) is 1.27. The Bertz CT molecular complexity index is 412. The van der Waals surface area contributed by atoms with E-state index in [4.69, 9.17) is 14.6 Å². The number of nitrogens with one attached hydrogen (secondary N) is 1. The minimum absolute atomic E-state index is 0.00941. The molecule has 126 valence electrons. The Morgan fingerprint density at radius 2 is 1.68 bits per heavy atom. The summed E-state index contributed by atoms with van der Waals surface area (Å²) in [5.74, 6) is -1.86. The molecule has 0 aliphatic heterocycles. The van der Waals surface area contributed by atoms with Crippen molar-refractivity contribution >= 4 is 23.8 Å². The fourth-order valence-electron chi connectivity index (χ4n) is 1.30. The monoisotopic (exact) mass is 317 g/mol. The summed E-state index contributed by atoms with van der Waals surface area (Å²) in [6.45, 7) is 4.90. The van der Waals surface area contributed by atoms with Gasteiger partial charge in [0.2, 0.25) is 0 Å². The van der Waals surface area contributed by atoms with Gasteiger partial charge in [-0.25, -0.2) is 4.79 Å². The van der Waals surface area contributed by atoms with Gasteiger partial charge in [0, 0.05) is 12.8 Å². The number of hydrogen-bond acceptors (Lipinski definition) is 6. The summed E-state index contributed by atoms with van der Waals surface area (Å²) >= 11 is 0. The van der Waals surface area contributed by atoms with E-state index >= 15 is 0 Å². The molecular formula is C14H23NO7. The van der Waals surface area contributed by atoms with Crippen LogP contribution >= 0.6 is 0 Å². The van der Waals surface area contributed by atoms with Crippen LogP contribution in [0.5, 0.6) is 0 Å². The van der Waals surface area contributed by atoms with Crippen LogP contribution in [0.25, 0.3) is 0 Å². The molecule has 2 N–H and O–H groups in total. The van der Waals surface area contributed by atoms with Gasteiger partial charge >= 0.3 is 18.0 Å². The molecular weight excluding hydrogens is 294 g/mol. The molecule has 0 radical (unpaired) electrons. The molecule has 0 bridgehead atoms. The summed E-state index contributed by atoms with van der Waals surface area (Å²) < 4.78 is 9.72. The van der Waals surface area contributed by atoms with Crippen LogP contribution in [0.3, 0.4) is 0 Å². The minimum Gasteiger partial charge on any atom is -0.481 e. The molecule has 0 saturated heterocycles.